The first-order valence-electron chi connectivity index (χ1n) is 10.5. The summed E-state index contributed by atoms with van der Waals surface area (Å²) in [6.07, 6.45) is 0.290. The Morgan fingerprint density at radius 3 is 2.43 bits per heavy atom. The molecule has 2 heterocycles. The first-order chi connectivity index (χ1) is 14.5. The molecular formula is C24H29N3O3. The van der Waals surface area contributed by atoms with Crippen LogP contribution >= 0.6 is 0 Å². The van der Waals surface area contributed by atoms with Gasteiger partial charge in [0.1, 0.15) is 5.75 Å². The van der Waals surface area contributed by atoms with Crippen molar-refractivity contribution < 1.29 is 14.3 Å². The summed E-state index contributed by atoms with van der Waals surface area (Å²) in [5.41, 5.74) is 4.30. The molecule has 0 unspecified atom stereocenters. The number of amides is 2. The topological polar surface area (TPSA) is 53.1 Å². The summed E-state index contributed by atoms with van der Waals surface area (Å²) in [7, 11) is 1.68. The number of carbonyl (C=O) groups excluding carboxylic acids is 2. The fourth-order valence-electron chi connectivity index (χ4n) is 4.33. The molecule has 6 heteroatoms. The molecule has 0 aliphatic carbocycles. The molecule has 1 atom stereocenters. The van der Waals surface area contributed by atoms with E-state index in [0.29, 0.717) is 26.1 Å². The van der Waals surface area contributed by atoms with Gasteiger partial charge in [0.2, 0.25) is 11.8 Å². The first-order valence-corrected chi connectivity index (χ1v) is 10.5. The van der Waals surface area contributed by atoms with Crippen molar-refractivity contribution in [2.45, 2.75) is 20.3 Å². The fraction of sp³-hybridized carbons (Fsp3) is 0.417. The summed E-state index contributed by atoms with van der Waals surface area (Å²) in [6, 6.07) is 14.0. The number of methoxy groups -OCH3 is 1. The molecular weight excluding hydrogens is 378 g/mol. The maximum atomic E-state index is 13.1. The maximum Gasteiger partial charge on any atom is 0.228 e. The second kappa shape index (κ2) is 8.38. The number of hydrogen-bond donors (Lipinski definition) is 0. The van der Waals surface area contributed by atoms with Crippen molar-refractivity contribution in [3.05, 3.63) is 53.6 Å². The van der Waals surface area contributed by atoms with Crippen molar-refractivity contribution in [1.29, 1.82) is 0 Å². The first kappa shape index (κ1) is 20.3. The van der Waals surface area contributed by atoms with E-state index >= 15 is 0 Å². The van der Waals surface area contributed by atoms with Crippen LogP contribution in [0.1, 0.15) is 17.5 Å². The summed E-state index contributed by atoms with van der Waals surface area (Å²) in [6.45, 7) is 7.40. The van der Waals surface area contributed by atoms with Crippen molar-refractivity contribution in [3.63, 3.8) is 0 Å². The van der Waals surface area contributed by atoms with E-state index in [1.54, 1.807) is 12.0 Å². The van der Waals surface area contributed by atoms with Crippen molar-refractivity contribution in [2.24, 2.45) is 5.92 Å². The SMILES string of the molecule is COc1ccccc1N1CCN(C(=O)[C@H]2CC(=O)N(c3ccc(C)c(C)c3)C2)CC1. The summed E-state index contributed by atoms with van der Waals surface area (Å²) in [5.74, 6) is 0.707. The summed E-state index contributed by atoms with van der Waals surface area (Å²) in [5, 5.41) is 0. The predicted octanol–water partition coefficient (Wildman–Crippen LogP) is 3.01. The van der Waals surface area contributed by atoms with E-state index in [0.717, 1.165) is 35.8 Å². The highest BCUT2D eigenvalue weighted by Crippen LogP contribution is 2.30. The Labute approximate surface area is 178 Å². The van der Waals surface area contributed by atoms with E-state index in [9.17, 15) is 9.59 Å². The molecule has 158 valence electrons. The number of hydrogen-bond acceptors (Lipinski definition) is 4. The minimum Gasteiger partial charge on any atom is -0.495 e. The van der Waals surface area contributed by atoms with Crippen LogP contribution in [0.25, 0.3) is 0 Å². The van der Waals surface area contributed by atoms with Crippen LogP contribution in [0.15, 0.2) is 42.5 Å². The second-order valence-electron chi connectivity index (χ2n) is 8.16. The molecule has 0 saturated carbocycles. The summed E-state index contributed by atoms with van der Waals surface area (Å²) >= 11 is 0. The lowest BCUT2D eigenvalue weighted by molar-refractivity contribution is -0.136. The van der Waals surface area contributed by atoms with Gasteiger partial charge in [-0.25, -0.2) is 0 Å². The van der Waals surface area contributed by atoms with Crippen molar-refractivity contribution in [3.8, 4) is 5.75 Å². The zero-order chi connectivity index (χ0) is 21.3. The molecule has 0 aromatic heterocycles. The van der Waals surface area contributed by atoms with Crippen LogP contribution in [-0.4, -0.2) is 56.5 Å². The van der Waals surface area contributed by atoms with Gasteiger partial charge in [-0.2, -0.15) is 0 Å². The quantitative estimate of drug-likeness (QED) is 0.782. The van der Waals surface area contributed by atoms with E-state index in [1.807, 2.05) is 54.3 Å². The van der Waals surface area contributed by atoms with E-state index in [4.69, 9.17) is 4.74 Å². The molecule has 30 heavy (non-hydrogen) atoms. The average Bonchev–Trinajstić information content (AvgIpc) is 3.17. The van der Waals surface area contributed by atoms with Crippen molar-refractivity contribution in [1.82, 2.24) is 4.90 Å². The number of rotatable bonds is 4. The Hall–Kier alpha value is -3.02. The van der Waals surface area contributed by atoms with Crippen molar-refractivity contribution >= 4 is 23.2 Å². The number of benzene rings is 2. The Bertz CT molecular complexity index is 950. The minimum absolute atomic E-state index is 0.0317. The average molecular weight is 408 g/mol. The van der Waals surface area contributed by atoms with Crippen LogP contribution < -0.4 is 14.5 Å². The van der Waals surface area contributed by atoms with Crippen LogP contribution in [0.2, 0.25) is 0 Å². The monoisotopic (exact) mass is 407 g/mol. The third-order valence-electron chi connectivity index (χ3n) is 6.29. The maximum absolute atomic E-state index is 13.1. The number of nitrogens with zero attached hydrogens (tertiary/aromatic N) is 3. The van der Waals surface area contributed by atoms with Crippen LogP contribution in [0, 0.1) is 19.8 Å². The lowest BCUT2D eigenvalue weighted by Crippen LogP contribution is -2.50. The molecule has 6 nitrogen and oxygen atoms in total. The number of ether oxygens (including phenoxy) is 1. The molecule has 2 aliphatic rings. The Kier molecular flexibility index (Phi) is 5.66. The highest BCUT2D eigenvalue weighted by molar-refractivity contribution is 6.00. The molecule has 2 saturated heterocycles. The molecule has 0 bridgehead atoms. The van der Waals surface area contributed by atoms with Gasteiger partial charge >= 0.3 is 0 Å². The van der Waals surface area contributed by atoms with E-state index in [1.165, 1.54) is 5.56 Å². The van der Waals surface area contributed by atoms with Gasteiger partial charge in [-0.1, -0.05) is 18.2 Å². The van der Waals surface area contributed by atoms with Gasteiger partial charge in [-0.05, 0) is 49.2 Å². The van der Waals surface area contributed by atoms with Crippen molar-refractivity contribution in [2.75, 3.05) is 49.6 Å². The molecule has 0 radical (unpaired) electrons. The zero-order valence-corrected chi connectivity index (χ0v) is 17.9. The van der Waals surface area contributed by atoms with E-state index < -0.39 is 0 Å². The van der Waals surface area contributed by atoms with Gasteiger partial charge in [0, 0.05) is 44.8 Å². The van der Waals surface area contributed by atoms with Crippen LogP contribution in [0.4, 0.5) is 11.4 Å². The van der Waals surface area contributed by atoms with Gasteiger partial charge < -0.3 is 19.4 Å². The Morgan fingerprint density at radius 1 is 1.00 bits per heavy atom. The predicted molar refractivity (Wildman–Crippen MR) is 118 cm³/mol. The highest BCUT2D eigenvalue weighted by atomic mass is 16.5. The molecule has 0 N–H and O–H groups in total. The second-order valence-corrected chi connectivity index (χ2v) is 8.16. The van der Waals surface area contributed by atoms with Gasteiger partial charge in [0.05, 0.1) is 18.7 Å². The molecule has 2 amide bonds. The number of anilines is 2. The third kappa shape index (κ3) is 3.86. The minimum atomic E-state index is -0.267. The third-order valence-corrected chi connectivity index (χ3v) is 6.29. The molecule has 4 rings (SSSR count). The van der Waals surface area contributed by atoms with Gasteiger partial charge in [-0.3, -0.25) is 9.59 Å². The number of piperazine rings is 1. The molecule has 2 aliphatic heterocycles. The lowest BCUT2D eigenvalue weighted by Gasteiger charge is -2.37. The van der Waals surface area contributed by atoms with Gasteiger partial charge in [-0.15, -0.1) is 0 Å². The Balaban J connectivity index is 1.39. The van der Waals surface area contributed by atoms with E-state index in [-0.39, 0.29) is 17.7 Å². The Morgan fingerprint density at radius 2 is 1.73 bits per heavy atom. The van der Waals surface area contributed by atoms with Crippen LogP contribution in [-0.2, 0) is 9.59 Å². The summed E-state index contributed by atoms with van der Waals surface area (Å²) < 4.78 is 5.47. The fourth-order valence-corrected chi connectivity index (χ4v) is 4.33. The lowest BCUT2D eigenvalue weighted by atomic mass is 10.1. The standard InChI is InChI=1S/C24H29N3O3/c1-17-8-9-20(14-18(17)2)27-16-19(15-23(27)28)24(29)26-12-10-25(11-13-26)21-6-4-5-7-22(21)30-3/h4-9,14,19H,10-13,15-16H2,1-3H3/t19-/m0/s1. The smallest absolute Gasteiger partial charge is 0.228 e. The molecule has 2 fully saturated rings. The summed E-state index contributed by atoms with van der Waals surface area (Å²) in [4.78, 5) is 31.7. The number of carbonyl (C=O) groups is 2. The number of aryl methyl sites for hydroxylation is 2. The largest absolute Gasteiger partial charge is 0.495 e. The highest BCUT2D eigenvalue weighted by Gasteiger charge is 2.38. The zero-order valence-electron chi connectivity index (χ0n) is 17.9. The number of para-hydroxylation sites is 2. The van der Waals surface area contributed by atoms with Gasteiger partial charge in [0.25, 0.3) is 0 Å². The van der Waals surface area contributed by atoms with Crippen LogP contribution in [0.3, 0.4) is 0 Å². The molecule has 0 spiro atoms. The van der Waals surface area contributed by atoms with E-state index in [2.05, 4.69) is 11.8 Å². The molecule has 2 aromatic rings. The molecule has 2 aromatic carbocycles. The van der Waals surface area contributed by atoms with Gasteiger partial charge in [0.15, 0.2) is 0 Å². The normalized spacial score (nSPS) is 19.4. The van der Waals surface area contributed by atoms with Crippen LogP contribution in [0.5, 0.6) is 5.75 Å².